The van der Waals surface area contributed by atoms with E-state index in [-0.39, 0.29) is 5.04 Å². The monoisotopic (exact) mass is 312 g/mol. The number of hydrogen-bond donors (Lipinski definition) is 1. The van der Waals surface area contributed by atoms with Gasteiger partial charge in [0, 0.05) is 0 Å². The maximum absolute atomic E-state index is 12.1. The molecule has 0 heterocycles. The van der Waals surface area contributed by atoms with Gasteiger partial charge in [-0.1, -0.05) is 45.0 Å². The van der Waals surface area contributed by atoms with Crippen LogP contribution in [0.5, 0.6) is 0 Å². The van der Waals surface area contributed by atoms with Crippen molar-refractivity contribution in [2.75, 3.05) is 0 Å². The molecule has 0 saturated heterocycles. The summed E-state index contributed by atoms with van der Waals surface area (Å²) in [7, 11) is -5.50. The largest absolute Gasteiger partial charge is 0.285 e. The van der Waals surface area contributed by atoms with Crippen LogP contribution in [0.1, 0.15) is 37.5 Å². The van der Waals surface area contributed by atoms with E-state index in [0.717, 1.165) is 11.1 Å². The molecule has 0 radical (unpaired) electrons. The average molecular weight is 313 g/mol. The van der Waals surface area contributed by atoms with Crippen molar-refractivity contribution < 1.29 is 13.0 Å². The molecule has 1 N–H and O–H groups in total. The van der Waals surface area contributed by atoms with E-state index in [1.807, 2.05) is 46.8 Å². The molecule has 0 amide bonds. The smallest absolute Gasteiger partial charge is 0.274 e. The number of hydrogen-bond acceptors (Lipinski definition) is 2. The molecule has 1 aromatic carbocycles. The molecule has 0 aromatic heterocycles. The van der Waals surface area contributed by atoms with Crippen molar-refractivity contribution in [3.63, 3.8) is 0 Å². The fourth-order valence-corrected chi connectivity index (χ4v) is 7.64. The van der Waals surface area contributed by atoms with Crippen LogP contribution >= 0.6 is 0 Å². The van der Waals surface area contributed by atoms with Crippen LogP contribution in [0.4, 0.5) is 0 Å². The molecular formula is C15H24O3SSi. The molecule has 0 aliphatic heterocycles. The highest BCUT2D eigenvalue weighted by molar-refractivity contribution is 7.88. The van der Waals surface area contributed by atoms with Crippen molar-refractivity contribution in [2.24, 2.45) is 0 Å². The summed E-state index contributed by atoms with van der Waals surface area (Å²) in [5.74, 6) is 0. The topological polar surface area (TPSA) is 54.4 Å². The minimum atomic E-state index is -4.26. The van der Waals surface area contributed by atoms with Crippen LogP contribution in [0.3, 0.4) is 0 Å². The molecule has 1 aromatic rings. The van der Waals surface area contributed by atoms with Crippen molar-refractivity contribution in [2.45, 2.75) is 44.0 Å². The van der Waals surface area contributed by atoms with Gasteiger partial charge >= 0.3 is 0 Å². The second-order valence-electron chi connectivity index (χ2n) is 6.55. The first-order chi connectivity index (χ1) is 8.94. The molecule has 0 bridgehead atoms. The molecule has 0 spiro atoms. The molecule has 1 rings (SSSR count). The molecule has 0 aliphatic carbocycles. The van der Waals surface area contributed by atoms with Crippen LogP contribution in [0.15, 0.2) is 30.9 Å². The zero-order valence-electron chi connectivity index (χ0n) is 12.9. The van der Waals surface area contributed by atoms with Crippen LogP contribution in [-0.2, 0) is 14.5 Å². The first kappa shape index (κ1) is 17.1. The van der Waals surface area contributed by atoms with E-state index in [4.69, 9.17) is 0 Å². The summed E-state index contributed by atoms with van der Waals surface area (Å²) in [6.45, 7) is 13.6. The van der Waals surface area contributed by atoms with Gasteiger partial charge in [0.05, 0.1) is 9.52 Å². The minimum absolute atomic E-state index is 0.139. The van der Waals surface area contributed by atoms with Crippen LogP contribution in [0.25, 0.3) is 0 Å². The fourth-order valence-electron chi connectivity index (χ4n) is 2.61. The van der Waals surface area contributed by atoms with Gasteiger partial charge in [-0.25, -0.2) is 0 Å². The SMILES string of the molecule is C=CC([SiH2]C(C)(C)C)(c1cccc(C)c1C)S(=O)(=O)O. The molecule has 0 aliphatic rings. The molecule has 1 unspecified atom stereocenters. The lowest BCUT2D eigenvalue weighted by Crippen LogP contribution is -2.43. The van der Waals surface area contributed by atoms with Crippen molar-refractivity contribution in [1.29, 1.82) is 0 Å². The maximum atomic E-state index is 12.1. The number of rotatable bonds is 4. The lowest BCUT2D eigenvalue weighted by molar-refractivity contribution is 0.467. The number of benzene rings is 1. The van der Waals surface area contributed by atoms with E-state index >= 15 is 0 Å². The van der Waals surface area contributed by atoms with Gasteiger partial charge in [-0.3, -0.25) is 4.55 Å². The Morgan fingerprint density at radius 1 is 1.25 bits per heavy atom. The zero-order valence-corrected chi connectivity index (χ0v) is 15.1. The van der Waals surface area contributed by atoms with Crippen molar-refractivity contribution >= 4 is 19.6 Å². The van der Waals surface area contributed by atoms with Crippen molar-refractivity contribution in [1.82, 2.24) is 0 Å². The summed E-state index contributed by atoms with van der Waals surface area (Å²) in [6, 6.07) is 5.56. The third kappa shape index (κ3) is 3.21. The van der Waals surface area contributed by atoms with Crippen molar-refractivity contribution in [3.05, 3.63) is 47.5 Å². The lowest BCUT2D eigenvalue weighted by atomic mass is 10.0. The molecule has 1 atom stereocenters. The Kier molecular flexibility index (Phi) is 4.68. The predicted octanol–water partition coefficient (Wildman–Crippen LogP) is 2.92. The molecule has 0 saturated carbocycles. The maximum Gasteiger partial charge on any atom is 0.274 e. The Morgan fingerprint density at radius 2 is 1.80 bits per heavy atom. The summed E-state index contributed by atoms with van der Waals surface area (Å²) in [5, 5.41) is -0.139. The Balaban J connectivity index is 3.70. The molecule has 5 heteroatoms. The third-order valence-corrected chi connectivity index (χ3v) is 8.73. The van der Waals surface area contributed by atoms with E-state index in [1.54, 1.807) is 6.07 Å². The van der Waals surface area contributed by atoms with E-state index in [2.05, 4.69) is 6.58 Å². The quantitative estimate of drug-likeness (QED) is 0.528. The van der Waals surface area contributed by atoms with Gasteiger partial charge in [-0.2, -0.15) is 8.42 Å². The van der Waals surface area contributed by atoms with Crippen LogP contribution in [0, 0.1) is 13.8 Å². The van der Waals surface area contributed by atoms with Gasteiger partial charge in [-0.05, 0) is 35.6 Å². The summed E-state index contributed by atoms with van der Waals surface area (Å²) in [4.78, 5) is 0. The Labute approximate surface area is 124 Å². The van der Waals surface area contributed by atoms with Gasteiger partial charge in [0.15, 0.2) is 0 Å². The standard InChI is InChI=1S/C15H24O3SSi/c1-7-15(19(16,17)18,20-14(4,5)6)13-10-8-9-11(2)12(13)3/h7-10H,1,20H2,2-6H3,(H,16,17,18). The molecular weight excluding hydrogens is 288 g/mol. The summed E-state index contributed by atoms with van der Waals surface area (Å²) in [6.07, 6.45) is 1.42. The predicted molar refractivity (Wildman–Crippen MR) is 87.6 cm³/mol. The summed E-state index contributed by atoms with van der Waals surface area (Å²) < 4.78 is 32.9. The Hall–Kier alpha value is -0.913. The molecule has 20 heavy (non-hydrogen) atoms. The molecule has 0 fully saturated rings. The van der Waals surface area contributed by atoms with Crippen LogP contribution in [0.2, 0.25) is 5.04 Å². The van der Waals surface area contributed by atoms with Crippen molar-refractivity contribution in [3.8, 4) is 0 Å². The van der Waals surface area contributed by atoms with Crippen LogP contribution < -0.4 is 0 Å². The highest BCUT2D eigenvalue weighted by Crippen LogP contribution is 2.40. The Morgan fingerprint density at radius 3 is 2.20 bits per heavy atom. The first-order valence-corrected chi connectivity index (χ1v) is 9.47. The lowest BCUT2D eigenvalue weighted by Gasteiger charge is -2.35. The molecule has 3 nitrogen and oxygen atoms in total. The van der Waals surface area contributed by atoms with Gasteiger partial charge < -0.3 is 0 Å². The van der Waals surface area contributed by atoms with Gasteiger partial charge in [-0.15, -0.1) is 6.58 Å². The van der Waals surface area contributed by atoms with E-state index in [1.165, 1.54) is 6.08 Å². The summed E-state index contributed by atoms with van der Waals surface area (Å²) in [5.41, 5.74) is 2.58. The summed E-state index contributed by atoms with van der Waals surface area (Å²) >= 11 is 0. The van der Waals surface area contributed by atoms with Gasteiger partial charge in [0.2, 0.25) is 0 Å². The third-order valence-electron chi connectivity index (χ3n) is 3.64. The normalized spacial score (nSPS) is 16.3. The van der Waals surface area contributed by atoms with Crippen LogP contribution in [-0.4, -0.2) is 22.5 Å². The van der Waals surface area contributed by atoms with E-state index in [9.17, 15) is 13.0 Å². The van der Waals surface area contributed by atoms with Gasteiger partial charge in [0.1, 0.15) is 4.37 Å². The average Bonchev–Trinajstić information content (AvgIpc) is 2.27. The molecule has 112 valence electrons. The minimum Gasteiger partial charge on any atom is -0.285 e. The first-order valence-electron chi connectivity index (χ1n) is 6.62. The van der Waals surface area contributed by atoms with E-state index in [0.29, 0.717) is 5.56 Å². The fraction of sp³-hybridized carbons (Fsp3) is 0.467. The zero-order chi connectivity index (χ0) is 15.8. The van der Waals surface area contributed by atoms with E-state index < -0.39 is 24.0 Å². The highest BCUT2D eigenvalue weighted by atomic mass is 32.2. The number of aryl methyl sites for hydroxylation is 1. The second kappa shape index (κ2) is 5.46. The highest BCUT2D eigenvalue weighted by Gasteiger charge is 2.45. The van der Waals surface area contributed by atoms with Gasteiger partial charge in [0.25, 0.3) is 10.1 Å². The second-order valence-corrected chi connectivity index (χ2v) is 12.3. The Bertz CT molecular complexity index is 614.